The number of hydrogen-bond donors (Lipinski definition) is 4. The first-order chi connectivity index (χ1) is 12.1. The van der Waals surface area contributed by atoms with E-state index in [0.29, 0.717) is 0 Å². The fourth-order valence-electron chi connectivity index (χ4n) is 2.20. The first-order valence-electron chi connectivity index (χ1n) is 7.20. The van der Waals surface area contributed by atoms with E-state index in [9.17, 15) is 19.2 Å². The summed E-state index contributed by atoms with van der Waals surface area (Å²) in [7, 11) is 0. The minimum absolute atomic E-state index is 0.0277. The lowest BCUT2D eigenvalue weighted by Gasteiger charge is -2.03. The van der Waals surface area contributed by atoms with Crippen molar-refractivity contribution in [3.8, 4) is 0 Å². The molecule has 0 unspecified atom stereocenters. The van der Waals surface area contributed by atoms with E-state index >= 15 is 0 Å². The van der Waals surface area contributed by atoms with Crippen LogP contribution < -0.4 is 0 Å². The summed E-state index contributed by atoms with van der Waals surface area (Å²) in [4.78, 5) is 42.4. The fraction of sp³-hybridized carbons (Fsp3) is 0.111. The van der Waals surface area contributed by atoms with Crippen LogP contribution in [0.3, 0.4) is 0 Å². The van der Waals surface area contributed by atoms with Gasteiger partial charge in [-0.05, 0) is 49.2 Å². The summed E-state index contributed by atoms with van der Waals surface area (Å²) in [5.41, 5.74) is 0.671. The molecule has 2 rings (SSSR count). The van der Waals surface area contributed by atoms with Gasteiger partial charge in [0.25, 0.3) is 0 Å². The number of rotatable bonds is 4. The highest BCUT2D eigenvalue weighted by molar-refractivity contribution is 5.97. The van der Waals surface area contributed by atoms with E-state index in [-0.39, 0.29) is 33.4 Å². The summed E-state index contributed by atoms with van der Waals surface area (Å²) in [6.45, 7) is 2.96. The second-order valence-corrected chi connectivity index (χ2v) is 5.18. The van der Waals surface area contributed by atoms with Gasteiger partial charge in [-0.15, -0.1) is 0 Å². The molecule has 0 atom stereocenters. The van der Waals surface area contributed by atoms with Crippen LogP contribution in [0.15, 0.2) is 36.4 Å². The molecule has 0 amide bonds. The van der Waals surface area contributed by atoms with Crippen LogP contribution in [-0.2, 0) is 0 Å². The molecule has 4 N–H and O–H groups in total. The van der Waals surface area contributed by atoms with Crippen molar-refractivity contribution in [2.45, 2.75) is 13.8 Å². The second kappa shape index (κ2) is 8.43. The third-order valence-corrected chi connectivity index (χ3v) is 3.59. The van der Waals surface area contributed by atoms with Gasteiger partial charge >= 0.3 is 23.9 Å². The Labute approximate surface area is 148 Å². The van der Waals surface area contributed by atoms with E-state index in [4.69, 9.17) is 20.4 Å². The largest absolute Gasteiger partial charge is 0.478 e. The summed E-state index contributed by atoms with van der Waals surface area (Å²) in [5.74, 6) is -4.44. The first kappa shape index (κ1) is 20.4. The van der Waals surface area contributed by atoms with Gasteiger partial charge in [0.05, 0.1) is 22.3 Å². The summed E-state index contributed by atoms with van der Waals surface area (Å²) < 4.78 is 0. The average molecular weight is 360 g/mol. The monoisotopic (exact) mass is 360 g/mol. The van der Waals surface area contributed by atoms with Crippen molar-refractivity contribution in [1.29, 1.82) is 0 Å². The van der Waals surface area contributed by atoms with Gasteiger partial charge in [-0.2, -0.15) is 0 Å². The van der Waals surface area contributed by atoms with Crippen LogP contribution in [-0.4, -0.2) is 44.3 Å². The van der Waals surface area contributed by atoms with Gasteiger partial charge in [0.15, 0.2) is 0 Å². The van der Waals surface area contributed by atoms with Crippen molar-refractivity contribution in [1.82, 2.24) is 0 Å². The van der Waals surface area contributed by atoms with Gasteiger partial charge < -0.3 is 20.4 Å². The predicted octanol–water partition coefficient (Wildman–Crippen LogP) is 2.78. The highest BCUT2D eigenvalue weighted by atomic mass is 16.4. The molecule has 8 heteroatoms. The Kier molecular flexibility index (Phi) is 6.60. The molecule has 0 aliphatic heterocycles. The standard InChI is InChI=1S/2C9H8O4/c2*1-5-6(8(10)11)3-2-4-7(5)9(12)13/h2*2-4H,1H3,(H,10,11)(H,12,13). The van der Waals surface area contributed by atoms with E-state index in [1.165, 1.54) is 50.2 Å². The Morgan fingerprint density at radius 1 is 0.538 bits per heavy atom. The van der Waals surface area contributed by atoms with Crippen LogP contribution in [0.1, 0.15) is 52.6 Å². The van der Waals surface area contributed by atoms with E-state index in [0.717, 1.165) is 0 Å². The molecule has 26 heavy (non-hydrogen) atoms. The fourth-order valence-corrected chi connectivity index (χ4v) is 2.20. The number of aromatic carboxylic acids is 4. The average Bonchev–Trinajstić information content (AvgIpc) is 2.54. The Hall–Kier alpha value is -3.68. The van der Waals surface area contributed by atoms with E-state index in [1.807, 2.05) is 0 Å². The Balaban J connectivity index is 0.000000260. The maximum absolute atomic E-state index is 10.6. The second-order valence-electron chi connectivity index (χ2n) is 5.18. The highest BCUT2D eigenvalue weighted by Crippen LogP contribution is 2.14. The summed E-state index contributed by atoms with van der Waals surface area (Å²) in [6.07, 6.45) is 0. The topological polar surface area (TPSA) is 149 Å². The lowest BCUT2D eigenvalue weighted by molar-refractivity contribution is 0.0674. The third-order valence-electron chi connectivity index (χ3n) is 3.59. The number of hydrogen-bond acceptors (Lipinski definition) is 4. The van der Waals surface area contributed by atoms with Gasteiger partial charge in [-0.1, -0.05) is 12.1 Å². The van der Waals surface area contributed by atoms with Crippen LogP contribution in [0.5, 0.6) is 0 Å². The van der Waals surface area contributed by atoms with Crippen molar-refractivity contribution < 1.29 is 39.6 Å². The number of carboxylic acids is 4. The molecule has 8 nitrogen and oxygen atoms in total. The van der Waals surface area contributed by atoms with Crippen LogP contribution >= 0.6 is 0 Å². The Morgan fingerprint density at radius 2 is 0.731 bits per heavy atom. The molecule has 0 aliphatic carbocycles. The van der Waals surface area contributed by atoms with E-state index in [1.54, 1.807) is 0 Å². The normalized spacial score (nSPS) is 9.62. The highest BCUT2D eigenvalue weighted by Gasteiger charge is 2.14. The third kappa shape index (κ3) is 4.67. The molecule has 0 radical (unpaired) electrons. The van der Waals surface area contributed by atoms with Gasteiger partial charge in [-0.25, -0.2) is 19.2 Å². The molecule has 0 spiro atoms. The minimum Gasteiger partial charge on any atom is -0.478 e. The molecule has 0 aromatic heterocycles. The first-order valence-corrected chi connectivity index (χ1v) is 7.20. The van der Waals surface area contributed by atoms with Crippen LogP contribution in [0.25, 0.3) is 0 Å². The zero-order valence-corrected chi connectivity index (χ0v) is 13.9. The Morgan fingerprint density at radius 3 is 0.885 bits per heavy atom. The number of benzene rings is 2. The van der Waals surface area contributed by atoms with Crippen LogP contribution in [0.2, 0.25) is 0 Å². The quantitative estimate of drug-likeness (QED) is 0.650. The molecule has 136 valence electrons. The molecule has 0 fully saturated rings. The summed E-state index contributed by atoms with van der Waals surface area (Å²) in [6, 6.07) is 8.35. The van der Waals surface area contributed by atoms with Crippen molar-refractivity contribution in [2.75, 3.05) is 0 Å². The predicted molar refractivity (Wildman–Crippen MR) is 90.2 cm³/mol. The van der Waals surface area contributed by atoms with E-state index < -0.39 is 23.9 Å². The lowest BCUT2D eigenvalue weighted by Crippen LogP contribution is -2.06. The SMILES string of the molecule is Cc1c(C(=O)O)cccc1C(=O)O.Cc1c(C(=O)O)cccc1C(=O)O. The molecular formula is C18H16O8. The Bertz CT molecular complexity index is 745. The summed E-state index contributed by atoms with van der Waals surface area (Å²) >= 11 is 0. The van der Waals surface area contributed by atoms with Crippen LogP contribution in [0.4, 0.5) is 0 Å². The zero-order chi connectivity index (χ0) is 20.0. The van der Waals surface area contributed by atoms with E-state index in [2.05, 4.69) is 0 Å². The van der Waals surface area contributed by atoms with Crippen molar-refractivity contribution in [2.24, 2.45) is 0 Å². The molecule has 0 aliphatic rings. The van der Waals surface area contributed by atoms with Crippen molar-refractivity contribution >= 4 is 23.9 Å². The minimum atomic E-state index is -1.11. The van der Waals surface area contributed by atoms with Gasteiger partial charge in [0.1, 0.15) is 0 Å². The maximum Gasteiger partial charge on any atom is 0.335 e. The molecular weight excluding hydrogens is 344 g/mol. The molecule has 0 bridgehead atoms. The van der Waals surface area contributed by atoms with Gasteiger partial charge in [0, 0.05) is 0 Å². The molecule has 0 heterocycles. The molecule has 2 aromatic carbocycles. The van der Waals surface area contributed by atoms with Gasteiger partial charge in [0.2, 0.25) is 0 Å². The lowest BCUT2D eigenvalue weighted by atomic mass is 10.0. The maximum atomic E-state index is 10.6. The van der Waals surface area contributed by atoms with Crippen LogP contribution in [0, 0.1) is 13.8 Å². The smallest absolute Gasteiger partial charge is 0.335 e. The zero-order valence-electron chi connectivity index (χ0n) is 13.9. The number of carbonyl (C=O) groups is 4. The van der Waals surface area contributed by atoms with Crippen molar-refractivity contribution in [3.63, 3.8) is 0 Å². The molecule has 0 saturated heterocycles. The van der Waals surface area contributed by atoms with Crippen molar-refractivity contribution in [3.05, 3.63) is 69.8 Å². The molecule has 0 saturated carbocycles. The molecule has 2 aromatic rings. The number of carboxylic acid groups (broad SMARTS) is 4. The summed E-state index contributed by atoms with van der Waals surface area (Å²) in [5, 5.41) is 34.7. The van der Waals surface area contributed by atoms with Gasteiger partial charge in [-0.3, -0.25) is 0 Å².